The highest BCUT2D eigenvalue weighted by molar-refractivity contribution is 8.00. The lowest BCUT2D eigenvalue weighted by molar-refractivity contribution is -0.148. The largest absolute Gasteiger partial charge is 0.494 e. The van der Waals surface area contributed by atoms with E-state index in [2.05, 4.69) is 0 Å². The standard InChI is InChI=1S/C18H22O3S2/c1-18(2,3)21-14(19)6-5-11-12-7-9-22-16(12)15(20-4)17-13(11)8-10-23-17/h5-6H,7-10H2,1-4H3/b6-5+. The number of esters is 1. The molecule has 0 bridgehead atoms. The molecular weight excluding hydrogens is 328 g/mol. The predicted molar refractivity (Wildman–Crippen MR) is 96.7 cm³/mol. The van der Waals surface area contributed by atoms with Gasteiger partial charge in [-0.1, -0.05) is 0 Å². The third-order valence-electron chi connectivity index (χ3n) is 3.80. The normalized spacial score (nSPS) is 16.5. The summed E-state index contributed by atoms with van der Waals surface area (Å²) in [4.78, 5) is 14.5. The summed E-state index contributed by atoms with van der Waals surface area (Å²) < 4.78 is 11.1. The van der Waals surface area contributed by atoms with Crippen LogP contribution in [0.2, 0.25) is 0 Å². The molecule has 3 nitrogen and oxygen atoms in total. The van der Waals surface area contributed by atoms with Crippen molar-refractivity contribution in [1.82, 2.24) is 0 Å². The average molecular weight is 351 g/mol. The monoisotopic (exact) mass is 350 g/mol. The highest BCUT2D eigenvalue weighted by Crippen LogP contribution is 2.51. The van der Waals surface area contributed by atoms with Crippen molar-refractivity contribution in [3.05, 3.63) is 22.8 Å². The van der Waals surface area contributed by atoms with E-state index >= 15 is 0 Å². The summed E-state index contributed by atoms with van der Waals surface area (Å²) in [6.45, 7) is 5.65. The van der Waals surface area contributed by atoms with Crippen LogP contribution in [0, 0.1) is 0 Å². The van der Waals surface area contributed by atoms with Crippen molar-refractivity contribution in [2.24, 2.45) is 0 Å². The molecule has 2 aliphatic heterocycles. The number of hydrogen-bond donors (Lipinski definition) is 0. The fourth-order valence-electron chi connectivity index (χ4n) is 2.99. The molecule has 0 aliphatic carbocycles. The lowest BCUT2D eigenvalue weighted by Crippen LogP contribution is -2.22. The van der Waals surface area contributed by atoms with Crippen molar-refractivity contribution >= 4 is 35.6 Å². The van der Waals surface area contributed by atoms with Crippen LogP contribution in [0.3, 0.4) is 0 Å². The van der Waals surface area contributed by atoms with Crippen LogP contribution in [0.5, 0.6) is 5.75 Å². The van der Waals surface area contributed by atoms with Crippen LogP contribution in [0.4, 0.5) is 0 Å². The maximum absolute atomic E-state index is 12.0. The maximum atomic E-state index is 12.0. The molecular formula is C18H22O3S2. The van der Waals surface area contributed by atoms with Crippen LogP contribution >= 0.6 is 23.5 Å². The number of hydrogen-bond acceptors (Lipinski definition) is 5. The highest BCUT2D eigenvalue weighted by Gasteiger charge is 2.29. The molecule has 1 aromatic rings. The topological polar surface area (TPSA) is 35.5 Å². The number of fused-ring (bicyclic) bond motifs is 2. The first-order chi connectivity index (χ1) is 10.9. The van der Waals surface area contributed by atoms with Crippen molar-refractivity contribution in [3.8, 4) is 5.75 Å². The van der Waals surface area contributed by atoms with E-state index < -0.39 is 5.60 Å². The average Bonchev–Trinajstić information content (AvgIpc) is 3.10. The van der Waals surface area contributed by atoms with E-state index in [0.29, 0.717) is 0 Å². The van der Waals surface area contributed by atoms with Crippen LogP contribution in [0.1, 0.15) is 37.5 Å². The number of benzene rings is 1. The third-order valence-corrected chi connectivity index (χ3v) is 6.06. The smallest absolute Gasteiger partial charge is 0.331 e. The van der Waals surface area contributed by atoms with Gasteiger partial charge in [0.25, 0.3) is 0 Å². The van der Waals surface area contributed by atoms with Crippen molar-refractivity contribution in [3.63, 3.8) is 0 Å². The van der Waals surface area contributed by atoms with Gasteiger partial charge in [-0.3, -0.25) is 0 Å². The summed E-state index contributed by atoms with van der Waals surface area (Å²) in [5, 5.41) is 0. The zero-order valence-electron chi connectivity index (χ0n) is 14.0. The predicted octanol–water partition coefficient (Wildman–Crippen LogP) is 4.35. The van der Waals surface area contributed by atoms with Gasteiger partial charge in [-0.25, -0.2) is 4.79 Å². The molecule has 0 fully saturated rings. The molecule has 3 rings (SSSR count). The molecule has 0 amide bonds. The first-order valence-corrected chi connectivity index (χ1v) is 9.80. The summed E-state index contributed by atoms with van der Waals surface area (Å²) in [6.07, 6.45) is 5.58. The van der Waals surface area contributed by atoms with Gasteiger partial charge in [-0.15, -0.1) is 23.5 Å². The second kappa shape index (κ2) is 6.44. The molecule has 124 valence electrons. The number of methoxy groups -OCH3 is 1. The molecule has 0 aromatic heterocycles. The molecule has 1 aromatic carbocycles. The summed E-state index contributed by atoms with van der Waals surface area (Å²) >= 11 is 3.71. The van der Waals surface area contributed by atoms with Crippen LogP contribution in [0.25, 0.3) is 6.08 Å². The highest BCUT2D eigenvalue weighted by atomic mass is 32.2. The lowest BCUT2D eigenvalue weighted by Gasteiger charge is -2.18. The molecule has 23 heavy (non-hydrogen) atoms. The SMILES string of the molecule is COc1c2c(c(/C=C/C(=O)OC(C)(C)C)c3c1SCC3)CCS2. The van der Waals surface area contributed by atoms with E-state index in [1.165, 1.54) is 26.5 Å². The van der Waals surface area contributed by atoms with Crippen LogP contribution in [-0.2, 0) is 22.4 Å². The molecule has 0 saturated carbocycles. The van der Waals surface area contributed by atoms with E-state index in [4.69, 9.17) is 9.47 Å². The van der Waals surface area contributed by atoms with Crippen LogP contribution < -0.4 is 4.74 Å². The molecule has 5 heteroatoms. The minimum absolute atomic E-state index is 0.285. The zero-order valence-corrected chi connectivity index (χ0v) is 15.7. The Bertz CT molecular complexity index is 637. The van der Waals surface area contributed by atoms with Gasteiger partial charge >= 0.3 is 5.97 Å². The Morgan fingerprint density at radius 2 is 1.65 bits per heavy atom. The molecule has 0 spiro atoms. The van der Waals surface area contributed by atoms with Crippen LogP contribution in [-0.4, -0.2) is 30.2 Å². The first-order valence-electron chi connectivity index (χ1n) is 7.83. The minimum atomic E-state index is -0.461. The molecule has 2 aliphatic rings. The van der Waals surface area contributed by atoms with Gasteiger partial charge in [0.05, 0.1) is 16.9 Å². The number of carbonyl (C=O) groups is 1. The van der Waals surface area contributed by atoms with E-state index in [1.807, 2.05) is 50.4 Å². The third kappa shape index (κ3) is 3.41. The molecule has 0 saturated heterocycles. The van der Waals surface area contributed by atoms with Gasteiger partial charge in [0, 0.05) is 17.6 Å². The minimum Gasteiger partial charge on any atom is -0.494 e. The van der Waals surface area contributed by atoms with E-state index in [1.54, 1.807) is 13.2 Å². The van der Waals surface area contributed by atoms with Crippen molar-refractivity contribution in [2.45, 2.75) is 49.0 Å². The second-order valence-corrected chi connectivity index (χ2v) is 8.84. The van der Waals surface area contributed by atoms with Gasteiger partial charge < -0.3 is 9.47 Å². The Balaban J connectivity index is 1.99. The zero-order chi connectivity index (χ0) is 16.6. The van der Waals surface area contributed by atoms with Gasteiger partial charge in [-0.05, 0) is 56.4 Å². The summed E-state index contributed by atoms with van der Waals surface area (Å²) in [5.41, 5.74) is 3.40. The summed E-state index contributed by atoms with van der Waals surface area (Å²) in [6, 6.07) is 0. The summed E-state index contributed by atoms with van der Waals surface area (Å²) in [7, 11) is 1.75. The van der Waals surface area contributed by atoms with Crippen LogP contribution in [0.15, 0.2) is 15.9 Å². The molecule has 0 radical (unpaired) electrons. The van der Waals surface area contributed by atoms with Gasteiger partial charge in [0.1, 0.15) is 11.4 Å². The van der Waals surface area contributed by atoms with Crippen molar-refractivity contribution < 1.29 is 14.3 Å². The van der Waals surface area contributed by atoms with E-state index in [-0.39, 0.29) is 5.97 Å². The molecule has 0 N–H and O–H groups in total. The summed E-state index contributed by atoms with van der Waals surface area (Å²) in [5.74, 6) is 2.90. The lowest BCUT2D eigenvalue weighted by atomic mass is 9.96. The van der Waals surface area contributed by atoms with Gasteiger partial charge in [-0.2, -0.15) is 0 Å². The molecule has 2 heterocycles. The Morgan fingerprint density at radius 3 is 2.13 bits per heavy atom. The Kier molecular flexibility index (Phi) is 4.70. The van der Waals surface area contributed by atoms with E-state index in [0.717, 1.165) is 30.1 Å². The first kappa shape index (κ1) is 16.8. The Hall–Kier alpha value is -1.07. The van der Waals surface area contributed by atoms with E-state index in [9.17, 15) is 4.79 Å². The number of rotatable bonds is 3. The Labute approximate surface area is 146 Å². The Morgan fingerprint density at radius 1 is 1.09 bits per heavy atom. The second-order valence-electron chi connectivity index (χ2n) is 6.63. The molecule has 0 atom stereocenters. The van der Waals surface area contributed by atoms with Gasteiger partial charge in [0.2, 0.25) is 0 Å². The number of thioether (sulfide) groups is 2. The quantitative estimate of drug-likeness (QED) is 0.598. The molecule has 0 unspecified atom stereocenters. The number of ether oxygens (including phenoxy) is 2. The fraction of sp³-hybridized carbons (Fsp3) is 0.500. The number of carbonyl (C=O) groups excluding carboxylic acids is 1. The van der Waals surface area contributed by atoms with Crippen molar-refractivity contribution in [1.29, 1.82) is 0 Å². The maximum Gasteiger partial charge on any atom is 0.331 e. The van der Waals surface area contributed by atoms with Gasteiger partial charge in [0.15, 0.2) is 0 Å². The van der Waals surface area contributed by atoms with Crippen molar-refractivity contribution in [2.75, 3.05) is 18.6 Å². The fourth-order valence-corrected chi connectivity index (χ4v) is 5.48.